The number of carbonyl (C=O) groups is 1. The molecule has 1 aliphatic heterocycles. The molecule has 0 radical (unpaired) electrons. The van der Waals surface area contributed by atoms with E-state index in [1.807, 2.05) is 59.1 Å². The zero-order valence-corrected chi connectivity index (χ0v) is 14.7. The van der Waals surface area contributed by atoms with E-state index in [-0.39, 0.29) is 6.03 Å². The molecule has 0 bridgehead atoms. The number of amides is 2. The molecular formula is C20H20N2O2S. The second-order valence-electron chi connectivity index (χ2n) is 6.11. The maximum atomic E-state index is 12.7. The Hall–Kier alpha value is -2.40. The molecule has 4 rings (SSSR count). The van der Waals surface area contributed by atoms with E-state index in [0.29, 0.717) is 5.25 Å². The lowest BCUT2D eigenvalue weighted by Gasteiger charge is -2.21. The first-order valence-corrected chi connectivity index (χ1v) is 9.55. The standard InChI is InChI=1S/C20H20N2O2S/c23-20(21-17-8-3-6-15-5-1-2-7-16(15)17)22-11-10-19(25-14-12-22)18-9-4-13-24-18/h1-9,13,19H,10-12,14H2,(H,21,23). The van der Waals surface area contributed by atoms with Crippen molar-refractivity contribution in [1.29, 1.82) is 0 Å². The van der Waals surface area contributed by atoms with Crippen LogP contribution in [0.15, 0.2) is 65.3 Å². The van der Waals surface area contributed by atoms with E-state index in [4.69, 9.17) is 4.42 Å². The molecule has 1 aromatic heterocycles. The summed E-state index contributed by atoms with van der Waals surface area (Å²) >= 11 is 1.86. The molecule has 2 heterocycles. The van der Waals surface area contributed by atoms with Crippen LogP contribution in [0, 0.1) is 0 Å². The summed E-state index contributed by atoms with van der Waals surface area (Å²) in [6.07, 6.45) is 2.62. The molecule has 0 spiro atoms. The highest BCUT2D eigenvalue weighted by atomic mass is 32.2. The van der Waals surface area contributed by atoms with Gasteiger partial charge in [0.2, 0.25) is 0 Å². The molecule has 128 valence electrons. The van der Waals surface area contributed by atoms with Gasteiger partial charge in [0.25, 0.3) is 0 Å². The van der Waals surface area contributed by atoms with E-state index in [2.05, 4.69) is 17.4 Å². The van der Waals surface area contributed by atoms with Gasteiger partial charge in [0.05, 0.1) is 17.2 Å². The Labute approximate surface area is 151 Å². The number of benzene rings is 2. The van der Waals surface area contributed by atoms with E-state index >= 15 is 0 Å². The van der Waals surface area contributed by atoms with Gasteiger partial charge in [-0.25, -0.2) is 4.79 Å². The molecule has 1 aliphatic rings. The second-order valence-corrected chi connectivity index (χ2v) is 7.42. The number of carbonyl (C=O) groups excluding carboxylic acids is 1. The van der Waals surface area contributed by atoms with E-state index < -0.39 is 0 Å². The number of furan rings is 1. The third kappa shape index (κ3) is 3.51. The highest BCUT2D eigenvalue weighted by Crippen LogP contribution is 2.34. The van der Waals surface area contributed by atoms with E-state index in [0.717, 1.165) is 47.5 Å². The van der Waals surface area contributed by atoms with Gasteiger partial charge in [-0.2, -0.15) is 0 Å². The fraction of sp³-hybridized carbons (Fsp3) is 0.250. The summed E-state index contributed by atoms with van der Waals surface area (Å²) in [5.41, 5.74) is 0.864. The quantitative estimate of drug-likeness (QED) is 0.694. The minimum absolute atomic E-state index is 0.0305. The van der Waals surface area contributed by atoms with Gasteiger partial charge in [-0.3, -0.25) is 0 Å². The van der Waals surface area contributed by atoms with E-state index in [1.165, 1.54) is 0 Å². The van der Waals surface area contributed by atoms with Gasteiger partial charge in [0.1, 0.15) is 5.76 Å². The van der Waals surface area contributed by atoms with Crippen molar-refractivity contribution in [3.63, 3.8) is 0 Å². The Bertz CT molecular complexity index is 858. The van der Waals surface area contributed by atoms with Crippen LogP contribution < -0.4 is 5.32 Å². The molecule has 1 N–H and O–H groups in total. The van der Waals surface area contributed by atoms with Crippen LogP contribution >= 0.6 is 11.8 Å². The highest BCUT2D eigenvalue weighted by Gasteiger charge is 2.23. The molecular weight excluding hydrogens is 332 g/mol. The lowest BCUT2D eigenvalue weighted by molar-refractivity contribution is 0.215. The largest absolute Gasteiger partial charge is 0.468 e. The predicted molar refractivity (Wildman–Crippen MR) is 103 cm³/mol. The summed E-state index contributed by atoms with van der Waals surface area (Å²) in [4.78, 5) is 14.6. The molecule has 5 heteroatoms. The van der Waals surface area contributed by atoms with Crippen molar-refractivity contribution in [2.45, 2.75) is 11.7 Å². The van der Waals surface area contributed by atoms with Gasteiger partial charge < -0.3 is 14.6 Å². The van der Waals surface area contributed by atoms with Crippen LogP contribution in [0.25, 0.3) is 10.8 Å². The molecule has 1 saturated heterocycles. The van der Waals surface area contributed by atoms with E-state index in [9.17, 15) is 4.79 Å². The Morgan fingerprint density at radius 3 is 2.84 bits per heavy atom. The minimum Gasteiger partial charge on any atom is -0.468 e. The zero-order chi connectivity index (χ0) is 17.1. The maximum Gasteiger partial charge on any atom is 0.321 e. The molecule has 4 nitrogen and oxygen atoms in total. The van der Waals surface area contributed by atoms with Crippen molar-refractivity contribution in [3.05, 3.63) is 66.6 Å². The first kappa shape index (κ1) is 16.1. The summed E-state index contributed by atoms with van der Waals surface area (Å²) in [6.45, 7) is 1.48. The predicted octanol–water partition coefficient (Wildman–Crippen LogP) is 5.14. The van der Waals surface area contributed by atoms with E-state index in [1.54, 1.807) is 6.26 Å². The summed E-state index contributed by atoms with van der Waals surface area (Å²) in [5.74, 6) is 1.91. The maximum absolute atomic E-state index is 12.7. The average molecular weight is 352 g/mol. The molecule has 0 saturated carbocycles. The fourth-order valence-electron chi connectivity index (χ4n) is 3.20. The second kappa shape index (κ2) is 7.23. The van der Waals surface area contributed by atoms with Gasteiger partial charge in [0, 0.05) is 24.2 Å². The first-order valence-electron chi connectivity index (χ1n) is 8.50. The van der Waals surface area contributed by atoms with Crippen LogP contribution in [0.5, 0.6) is 0 Å². The summed E-state index contributed by atoms with van der Waals surface area (Å²) < 4.78 is 5.53. The molecule has 1 unspecified atom stereocenters. The van der Waals surface area contributed by atoms with Gasteiger partial charge >= 0.3 is 6.03 Å². The van der Waals surface area contributed by atoms with Crippen molar-refractivity contribution >= 4 is 34.3 Å². The van der Waals surface area contributed by atoms with Crippen molar-refractivity contribution in [2.24, 2.45) is 0 Å². The molecule has 2 amide bonds. The lowest BCUT2D eigenvalue weighted by atomic mass is 10.1. The Balaban J connectivity index is 1.46. The summed E-state index contributed by atoms with van der Waals surface area (Å²) in [5, 5.41) is 5.61. The number of hydrogen-bond donors (Lipinski definition) is 1. The number of rotatable bonds is 2. The van der Waals surface area contributed by atoms with Crippen LogP contribution in [0.2, 0.25) is 0 Å². The molecule has 1 atom stereocenters. The number of nitrogens with zero attached hydrogens (tertiary/aromatic N) is 1. The third-order valence-electron chi connectivity index (χ3n) is 4.52. The van der Waals surface area contributed by atoms with Crippen LogP contribution in [0.1, 0.15) is 17.4 Å². The van der Waals surface area contributed by atoms with Crippen LogP contribution in [0.4, 0.5) is 10.5 Å². The molecule has 1 fully saturated rings. The van der Waals surface area contributed by atoms with Crippen LogP contribution in [-0.2, 0) is 0 Å². The number of thioether (sulfide) groups is 1. The number of urea groups is 1. The van der Waals surface area contributed by atoms with Crippen molar-refractivity contribution in [1.82, 2.24) is 4.90 Å². The zero-order valence-electron chi connectivity index (χ0n) is 13.9. The average Bonchev–Trinajstić information content (AvgIpc) is 3.06. The smallest absolute Gasteiger partial charge is 0.321 e. The SMILES string of the molecule is O=C(Nc1cccc2ccccc12)N1CCSC(c2ccco2)CC1. The summed E-state index contributed by atoms with van der Waals surface area (Å²) in [6, 6.07) is 18.0. The first-order chi connectivity index (χ1) is 12.3. The Morgan fingerprint density at radius 1 is 1.08 bits per heavy atom. The number of hydrogen-bond acceptors (Lipinski definition) is 3. The fourth-order valence-corrected chi connectivity index (χ4v) is 4.38. The third-order valence-corrected chi connectivity index (χ3v) is 5.81. The normalized spacial score (nSPS) is 18.1. The van der Waals surface area contributed by atoms with Crippen molar-refractivity contribution in [2.75, 3.05) is 24.2 Å². The summed E-state index contributed by atoms with van der Waals surface area (Å²) in [7, 11) is 0. The minimum atomic E-state index is -0.0305. The van der Waals surface area contributed by atoms with Gasteiger partial charge in [-0.05, 0) is 30.0 Å². The van der Waals surface area contributed by atoms with Crippen LogP contribution in [-0.4, -0.2) is 29.8 Å². The monoisotopic (exact) mass is 352 g/mol. The molecule has 25 heavy (non-hydrogen) atoms. The van der Waals surface area contributed by atoms with Crippen molar-refractivity contribution in [3.8, 4) is 0 Å². The van der Waals surface area contributed by atoms with Crippen molar-refractivity contribution < 1.29 is 9.21 Å². The molecule has 3 aromatic rings. The topological polar surface area (TPSA) is 45.5 Å². The lowest BCUT2D eigenvalue weighted by Crippen LogP contribution is -2.36. The van der Waals surface area contributed by atoms with Gasteiger partial charge in [-0.1, -0.05) is 36.4 Å². The van der Waals surface area contributed by atoms with Gasteiger partial charge in [0.15, 0.2) is 0 Å². The molecule has 0 aliphatic carbocycles. The highest BCUT2D eigenvalue weighted by molar-refractivity contribution is 7.99. The Morgan fingerprint density at radius 2 is 1.96 bits per heavy atom. The Kier molecular flexibility index (Phi) is 4.65. The van der Waals surface area contributed by atoms with Gasteiger partial charge in [-0.15, -0.1) is 11.8 Å². The number of anilines is 1. The molecule has 2 aromatic carbocycles. The number of nitrogens with one attached hydrogen (secondary N) is 1. The number of fused-ring (bicyclic) bond motifs is 1. The van der Waals surface area contributed by atoms with Crippen LogP contribution in [0.3, 0.4) is 0 Å².